The molecule has 0 aromatic heterocycles. The van der Waals surface area contributed by atoms with E-state index in [1.54, 1.807) is 36.3 Å². The van der Waals surface area contributed by atoms with E-state index in [9.17, 15) is 14.0 Å². The minimum absolute atomic E-state index is 0.164. The topological polar surface area (TPSA) is 58.6 Å². The van der Waals surface area contributed by atoms with Gasteiger partial charge in [0.2, 0.25) is 0 Å². The minimum atomic E-state index is -0.332. The molecule has 0 fully saturated rings. The van der Waals surface area contributed by atoms with Crippen LogP contribution in [-0.2, 0) is 16.1 Å². The van der Waals surface area contributed by atoms with Crippen molar-refractivity contribution in [3.63, 3.8) is 0 Å². The first-order valence-corrected chi connectivity index (χ1v) is 11.8. The SMILES string of the molecule is COCCCNC(=O)c1ccc2c(c1)N(Cc1ccc(F)cc1)C(=O)C(=Cc1ccccc1)S2. The fraction of sp³-hybridized carbons (Fsp3) is 0.185. The molecule has 1 aliphatic heterocycles. The molecule has 3 aromatic rings. The van der Waals surface area contributed by atoms with Crippen molar-refractivity contribution in [2.75, 3.05) is 25.2 Å². The second kappa shape index (κ2) is 11.1. The van der Waals surface area contributed by atoms with Gasteiger partial charge in [0.1, 0.15) is 5.82 Å². The van der Waals surface area contributed by atoms with Crippen LogP contribution in [0.2, 0.25) is 0 Å². The van der Waals surface area contributed by atoms with Crippen LogP contribution in [0.1, 0.15) is 27.9 Å². The van der Waals surface area contributed by atoms with Gasteiger partial charge in [0.15, 0.2) is 0 Å². The van der Waals surface area contributed by atoms with Crippen molar-refractivity contribution in [2.45, 2.75) is 17.9 Å². The zero-order valence-electron chi connectivity index (χ0n) is 18.8. The fourth-order valence-corrected chi connectivity index (χ4v) is 4.64. The number of nitrogens with one attached hydrogen (secondary N) is 1. The fourth-order valence-electron chi connectivity index (χ4n) is 3.60. The second-order valence-corrected chi connectivity index (χ2v) is 8.91. The summed E-state index contributed by atoms with van der Waals surface area (Å²) in [5.74, 6) is -0.700. The van der Waals surface area contributed by atoms with Crippen LogP contribution in [0.15, 0.2) is 82.6 Å². The lowest BCUT2D eigenvalue weighted by Gasteiger charge is -2.31. The minimum Gasteiger partial charge on any atom is -0.385 e. The highest BCUT2D eigenvalue weighted by Crippen LogP contribution is 2.43. The van der Waals surface area contributed by atoms with E-state index in [1.165, 1.54) is 23.9 Å². The lowest BCUT2D eigenvalue weighted by Crippen LogP contribution is -2.34. The molecule has 34 heavy (non-hydrogen) atoms. The summed E-state index contributed by atoms with van der Waals surface area (Å²) in [5.41, 5.74) is 2.86. The highest BCUT2D eigenvalue weighted by Gasteiger charge is 2.30. The monoisotopic (exact) mass is 476 g/mol. The molecular weight excluding hydrogens is 451 g/mol. The maximum atomic E-state index is 13.5. The Kier molecular flexibility index (Phi) is 7.77. The van der Waals surface area contributed by atoms with E-state index < -0.39 is 0 Å². The predicted molar refractivity (Wildman–Crippen MR) is 133 cm³/mol. The molecule has 0 saturated carbocycles. The number of ether oxygens (including phenoxy) is 1. The average Bonchev–Trinajstić information content (AvgIpc) is 2.86. The average molecular weight is 477 g/mol. The first-order chi connectivity index (χ1) is 16.5. The van der Waals surface area contributed by atoms with Gasteiger partial charge in [0.25, 0.3) is 11.8 Å². The van der Waals surface area contributed by atoms with Crippen LogP contribution in [0.25, 0.3) is 6.08 Å². The van der Waals surface area contributed by atoms with Gasteiger partial charge in [0, 0.05) is 30.7 Å². The molecule has 0 radical (unpaired) electrons. The van der Waals surface area contributed by atoms with E-state index in [2.05, 4.69) is 5.32 Å². The van der Waals surface area contributed by atoms with Crippen LogP contribution in [0, 0.1) is 5.82 Å². The van der Waals surface area contributed by atoms with Gasteiger partial charge in [-0.2, -0.15) is 0 Å². The molecule has 174 valence electrons. The number of nitrogens with zero attached hydrogens (tertiary/aromatic N) is 1. The number of rotatable bonds is 8. The molecule has 1 aliphatic rings. The summed E-state index contributed by atoms with van der Waals surface area (Å²) in [7, 11) is 1.62. The number of benzene rings is 3. The Hall–Kier alpha value is -3.42. The Morgan fingerprint density at radius 2 is 1.85 bits per heavy atom. The number of thioether (sulfide) groups is 1. The van der Waals surface area contributed by atoms with Gasteiger partial charge in [-0.05, 0) is 54.0 Å². The maximum Gasteiger partial charge on any atom is 0.265 e. The Bertz CT molecular complexity index is 1200. The summed E-state index contributed by atoms with van der Waals surface area (Å²) in [5, 5.41) is 2.88. The summed E-state index contributed by atoms with van der Waals surface area (Å²) in [6.07, 6.45) is 2.58. The first kappa shape index (κ1) is 23.7. The summed E-state index contributed by atoms with van der Waals surface area (Å²) >= 11 is 1.38. The van der Waals surface area contributed by atoms with Gasteiger partial charge in [-0.25, -0.2) is 4.39 Å². The van der Waals surface area contributed by atoms with Crippen LogP contribution in [0.3, 0.4) is 0 Å². The number of fused-ring (bicyclic) bond motifs is 1. The second-order valence-electron chi connectivity index (χ2n) is 7.82. The quantitative estimate of drug-likeness (QED) is 0.355. The highest BCUT2D eigenvalue weighted by molar-refractivity contribution is 8.04. The van der Waals surface area contributed by atoms with Crippen LogP contribution >= 0.6 is 11.8 Å². The van der Waals surface area contributed by atoms with Crippen molar-refractivity contribution in [1.82, 2.24) is 5.32 Å². The predicted octanol–water partition coefficient (Wildman–Crippen LogP) is 5.27. The molecule has 0 saturated heterocycles. The number of halogens is 1. The third-order valence-electron chi connectivity index (χ3n) is 5.35. The molecule has 0 spiro atoms. The molecule has 0 aliphatic carbocycles. The standard InChI is InChI=1S/C27H25FN2O3S/c1-33-15-5-14-29-26(31)21-10-13-24-23(17-21)30(18-20-8-11-22(28)12-9-20)27(32)25(34-24)16-19-6-3-2-4-7-19/h2-4,6-13,16-17H,5,14-15,18H2,1H3,(H,29,31). The molecular formula is C27H25FN2O3S. The molecule has 0 bridgehead atoms. The van der Waals surface area contributed by atoms with Crippen LogP contribution in [0.5, 0.6) is 0 Å². The van der Waals surface area contributed by atoms with E-state index in [-0.39, 0.29) is 24.2 Å². The van der Waals surface area contributed by atoms with Crippen molar-refractivity contribution >= 4 is 35.3 Å². The smallest absolute Gasteiger partial charge is 0.265 e. The molecule has 0 unspecified atom stereocenters. The molecule has 2 amide bonds. The molecule has 0 atom stereocenters. The number of anilines is 1. The third kappa shape index (κ3) is 5.73. The Morgan fingerprint density at radius 3 is 2.59 bits per heavy atom. The molecule has 1 heterocycles. The van der Waals surface area contributed by atoms with Gasteiger partial charge in [-0.3, -0.25) is 9.59 Å². The lowest BCUT2D eigenvalue weighted by molar-refractivity contribution is -0.114. The maximum absolute atomic E-state index is 13.5. The van der Waals surface area contributed by atoms with Crippen molar-refractivity contribution in [2.24, 2.45) is 0 Å². The molecule has 1 N–H and O–H groups in total. The summed E-state index contributed by atoms with van der Waals surface area (Å²) in [6, 6.07) is 21.1. The molecule has 4 rings (SSSR count). The summed E-state index contributed by atoms with van der Waals surface area (Å²) in [4.78, 5) is 29.3. The molecule has 7 heteroatoms. The van der Waals surface area contributed by atoms with Gasteiger partial charge < -0.3 is 15.0 Å². The van der Waals surface area contributed by atoms with E-state index in [1.807, 2.05) is 42.5 Å². The van der Waals surface area contributed by atoms with E-state index in [0.29, 0.717) is 35.7 Å². The number of methoxy groups -OCH3 is 1. The summed E-state index contributed by atoms with van der Waals surface area (Å²) in [6.45, 7) is 1.33. The largest absolute Gasteiger partial charge is 0.385 e. The number of amides is 2. The molecule has 5 nitrogen and oxygen atoms in total. The zero-order chi connectivity index (χ0) is 23.9. The van der Waals surface area contributed by atoms with E-state index in [4.69, 9.17) is 4.74 Å². The van der Waals surface area contributed by atoms with Crippen molar-refractivity contribution < 1.29 is 18.7 Å². The van der Waals surface area contributed by atoms with Crippen LogP contribution < -0.4 is 10.2 Å². The molecule has 3 aromatic carbocycles. The van der Waals surface area contributed by atoms with Crippen molar-refractivity contribution in [3.05, 3.63) is 100 Å². The van der Waals surface area contributed by atoms with Crippen LogP contribution in [-0.4, -0.2) is 32.1 Å². The third-order valence-corrected chi connectivity index (χ3v) is 6.43. The first-order valence-electron chi connectivity index (χ1n) is 11.0. The number of hydrogen-bond acceptors (Lipinski definition) is 4. The summed E-state index contributed by atoms with van der Waals surface area (Å²) < 4.78 is 18.5. The van der Waals surface area contributed by atoms with Gasteiger partial charge in [-0.15, -0.1) is 0 Å². The van der Waals surface area contributed by atoms with Gasteiger partial charge in [-0.1, -0.05) is 54.2 Å². The highest BCUT2D eigenvalue weighted by atomic mass is 32.2. The van der Waals surface area contributed by atoms with E-state index >= 15 is 0 Å². The van der Waals surface area contributed by atoms with Crippen LogP contribution in [0.4, 0.5) is 10.1 Å². The Balaban J connectivity index is 1.66. The lowest BCUT2D eigenvalue weighted by atomic mass is 10.1. The Labute approximate surface area is 202 Å². The zero-order valence-corrected chi connectivity index (χ0v) is 19.6. The van der Waals surface area contributed by atoms with Crippen molar-refractivity contribution in [3.8, 4) is 0 Å². The Morgan fingerprint density at radius 1 is 1.09 bits per heavy atom. The number of carbonyl (C=O) groups is 2. The van der Waals surface area contributed by atoms with E-state index in [0.717, 1.165) is 16.0 Å². The van der Waals surface area contributed by atoms with Crippen molar-refractivity contribution in [1.29, 1.82) is 0 Å². The number of hydrogen-bond donors (Lipinski definition) is 1. The normalized spacial score (nSPS) is 14.2. The van der Waals surface area contributed by atoms with Gasteiger partial charge in [0.05, 0.1) is 17.1 Å². The number of carbonyl (C=O) groups excluding carboxylic acids is 2. The van der Waals surface area contributed by atoms with Gasteiger partial charge >= 0.3 is 0 Å².